The monoisotopic (exact) mass is 308 g/mol. The molecule has 114 valence electrons. The Kier molecular flexibility index (Phi) is 4.82. The number of nitrogens with zero attached hydrogens (tertiary/aromatic N) is 1. The molecule has 0 amide bonds. The van der Waals surface area contributed by atoms with Crippen molar-refractivity contribution in [2.24, 2.45) is 0 Å². The quantitative estimate of drug-likeness (QED) is 0.797. The van der Waals surface area contributed by atoms with E-state index in [9.17, 15) is 8.42 Å². The van der Waals surface area contributed by atoms with E-state index < -0.39 is 10.0 Å². The molecule has 0 atom stereocenters. The average molecular weight is 308 g/mol. The van der Waals surface area contributed by atoms with Gasteiger partial charge in [0, 0.05) is 30.8 Å². The molecule has 0 unspecified atom stereocenters. The lowest BCUT2D eigenvalue weighted by Gasteiger charge is -2.21. The molecule has 6 heteroatoms. The lowest BCUT2D eigenvalue weighted by molar-refractivity contribution is 0.271. The molecule has 0 spiro atoms. The van der Waals surface area contributed by atoms with Crippen molar-refractivity contribution < 1.29 is 13.5 Å². The lowest BCUT2D eigenvalue weighted by Crippen LogP contribution is -2.32. The van der Waals surface area contributed by atoms with Gasteiger partial charge in [0.2, 0.25) is 10.0 Å². The first-order chi connectivity index (χ1) is 10.0. The Balaban J connectivity index is 2.53. The largest absolute Gasteiger partial charge is 0.399 e. The molecule has 0 aliphatic carbocycles. The molecule has 0 fully saturated rings. The third-order valence-electron chi connectivity index (χ3n) is 3.40. The van der Waals surface area contributed by atoms with Crippen LogP contribution in [0.5, 0.6) is 0 Å². The molecule has 0 saturated heterocycles. The van der Waals surface area contributed by atoms with E-state index in [1.54, 1.807) is 37.3 Å². The molecule has 0 saturated carbocycles. The maximum absolute atomic E-state index is 12.8. The van der Waals surface area contributed by atoms with Gasteiger partial charge in [0.1, 0.15) is 0 Å². The molecule has 3 N–H and O–H groups in total. The zero-order valence-corrected chi connectivity index (χ0v) is 12.8. The van der Waals surface area contributed by atoms with Crippen LogP contribution in [0.25, 0.3) is 10.8 Å². The minimum atomic E-state index is -3.58. The summed E-state index contributed by atoms with van der Waals surface area (Å²) < 4.78 is 26.9. The van der Waals surface area contributed by atoms with Gasteiger partial charge in [-0.05, 0) is 30.0 Å². The summed E-state index contributed by atoms with van der Waals surface area (Å²) in [4.78, 5) is 0.278. The van der Waals surface area contributed by atoms with Crippen LogP contribution >= 0.6 is 0 Å². The third-order valence-corrected chi connectivity index (χ3v) is 5.43. The fourth-order valence-corrected chi connectivity index (χ4v) is 4.03. The van der Waals surface area contributed by atoms with E-state index in [4.69, 9.17) is 10.8 Å². The van der Waals surface area contributed by atoms with Crippen LogP contribution in [0, 0.1) is 0 Å². The number of sulfonamides is 1. The number of aliphatic hydroxyl groups is 1. The van der Waals surface area contributed by atoms with Crippen molar-refractivity contribution in [2.45, 2.75) is 18.2 Å². The number of benzene rings is 2. The maximum Gasteiger partial charge on any atom is 0.243 e. The van der Waals surface area contributed by atoms with E-state index in [-0.39, 0.29) is 11.5 Å². The predicted molar refractivity (Wildman–Crippen MR) is 84.5 cm³/mol. The van der Waals surface area contributed by atoms with Crippen LogP contribution in [0.1, 0.15) is 13.3 Å². The second-order valence-corrected chi connectivity index (χ2v) is 6.72. The number of hydrogen-bond acceptors (Lipinski definition) is 4. The molecule has 5 nitrogen and oxygen atoms in total. The smallest absolute Gasteiger partial charge is 0.243 e. The standard InChI is InChI=1S/C15H20N2O3S/c1-2-17(9-4-10-18)21(19,20)15-6-3-5-12-11-13(16)7-8-14(12)15/h3,5-8,11,18H,2,4,9-10,16H2,1H3. The van der Waals surface area contributed by atoms with Crippen LogP contribution in [0.3, 0.4) is 0 Å². The average Bonchev–Trinajstić information content (AvgIpc) is 2.46. The minimum Gasteiger partial charge on any atom is -0.399 e. The first-order valence-electron chi connectivity index (χ1n) is 6.90. The van der Waals surface area contributed by atoms with Gasteiger partial charge in [-0.15, -0.1) is 0 Å². The molecular weight excluding hydrogens is 288 g/mol. The van der Waals surface area contributed by atoms with Crippen LogP contribution in [0.4, 0.5) is 5.69 Å². The van der Waals surface area contributed by atoms with Gasteiger partial charge in [0.15, 0.2) is 0 Å². The Morgan fingerprint density at radius 3 is 2.67 bits per heavy atom. The molecule has 2 rings (SSSR count). The van der Waals surface area contributed by atoms with Crippen LogP contribution in [-0.2, 0) is 10.0 Å². The molecule has 21 heavy (non-hydrogen) atoms. The van der Waals surface area contributed by atoms with Gasteiger partial charge in [-0.2, -0.15) is 4.31 Å². The number of nitrogens with two attached hydrogens (primary N) is 1. The van der Waals surface area contributed by atoms with Gasteiger partial charge in [0.05, 0.1) is 4.90 Å². The van der Waals surface area contributed by atoms with Gasteiger partial charge >= 0.3 is 0 Å². The number of hydrogen-bond donors (Lipinski definition) is 2. The lowest BCUT2D eigenvalue weighted by atomic mass is 10.1. The number of anilines is 1. The predicted octanol–water partition coefficient (Wildman–Crippen LogP) is 1.81. The van der Waals surface area contributed by atoms with Crippen LogP contribution < -0.4 is 5.73 Å². The van der Waals surface area contributed by atoms with Crippen LogP contribution in [0.15, 0.2) is 41.3 Å². The van der Waals surface area contributed by atoms with Crippen molar-refractivity contribution in [1.82, 2.24) is 4.31 Å². The summed E-state index contributed by atoms with van der Waals surface area (Å²) in [6.07, 6.45) is 0.421. The van der Waals surface area contributed by atoms with Crippen molar-refractivity contribution in [1.29, 1.82) is 0 Å². The summed E-state index contributed by atoms with van der Waals surface area (Å²) in [5.41, 5.74) is 6.35. The molecule has 2 aromatic rings. The van der Waals surface area contributed by atoms with Crippen molar-refractivity contribution in [3.63, 3.8) is 0 Å². The van der Waals surface area contributed by atoms with E-state index in [1.165, 1.54) is 4.31 Å². The van der Waals surface area contributed by atoms with E-state index in [2.05, 4.69) is 0 Å². The highest BCUT2D eigenvalue weighted by molar-refractivity contribution is 7.89. The molecular formula is C15H20N2O3S. The van der Waals surface area contributed by atoms with E-state index in [1.807, 2.05) is 6.07 Å². The molecule has 0 aliphatic rings. The van der Waals surface area contributed by atoms with Crippen molar-refractivity contribution >= 4 is 26.5 Å². The van der Waals surface area contributed by atoms with Gasteiger partial charge in [0.25, 0.3) is 0 Å². The maximum atomic E-state index is 12.8. The van der Waals surface area contributed by atoms with Gasteiger partial charge in [-0.1, -0.05) is 25.1 Å². The summed E-state index contributed by atoms with van der Waals surface area (Å²) >= 11 is 0. The SMILES string of the molecule is CCN(CCCO)S(=O)(=O)c1cccc2cc(N)ccc12. The second kappa shape index (κ2) is 6.43. The Labute approximate surface area is 125 Å². The number of fused-ring (bicyclic) bond motifs is 1. The molecule has 0 heterocycles. The summed E-state index contributed by atoms with van der Waals surface area (Å²) in [5.74, 6) is 0. The van der Waals surface area contributed by atoms with Gasteiger partial charge < -0.3 is 10.8 Å². The molecule has 0 radical (unpaired) electrons. The summed E-state index contributed by atoms with van der Waals surface area (Å²) in [6, 6.07) is 10.4. The molecule has 2 aromatic carbocycles. The first-order valence-corrected chi connectivity index (χ1v) is 8.34. The fourth-order valence-electron chi connectivity index (χ4n) is 2.33. The highest BCUT2D eigenvalue weighted by Crippen LogP contribution is 2.27. The number of rotatable bonds is 6. The molecule has 0 aromatic heterocycles. The Morgan fingerprint density at radius 1 is 1.24 bits per heavy atom. The van der Waals surface area contributed by atoms with E-state index in [0.29, 0.717) is 30.6 Å². The molecule has 0 aliphatic heterocycles. The summed E-state index contributed by atoms with van der Waals surface area (Å²) in [5, 5.41) is 10.4. The highest BCUT2D eigenvalue weighted by atomic mass is 32.2. The third kappa shape index (κ3) is 3.18. The Hall–Kier alpha value is -1.63. The van der Waals surface area contributed by atoms with Crippen molar-refractivity contribution in [3.8, 4) is 0 Å². The fraction of sp³-hybridized carbons (Fsp3) is 0.333. The van der Waals surface area contributed by atoms with E-state index in [0.717, 1.165) is 5.39 Å². The van der Waals surface area contributed by atoms with Crippen LogP contribution in [0.2, 0.25) is 0 Å². The Morgan fingerprint density at radius 2 is 2.00 bits per heavy atom. The topological polar surface area (TPSA) is 83.6 Å². The Bertz CT molecular complexity index is 729. The number of nitrogen functional groups attached to an aromatic ring is 1. The van der Waals surface area contributed by atoms with E-state index >= 15 is 0 Å². The highest BCUT2D eigenvalue weighted by Gasteiger charge is 2.24. The number of aliphatic hydroxyl groups excluding tert-OH is 1. The zero-order chi connectivity index (χ0) is 15.5. The zero-order valence-electron chi connectivity index (χ0n) is 12.0. The normalized spacial score (nSPS) is 12.1. The van der Waals surface area contributed by atoms with Gasteiger partial charge in [-0.3, -0.25) is 0 Å². The summed E-state index contributed by atoms with van der Waals surface area (Å²) in [7, 11) is -3.58. The second-order valence-electron chi connectivity index (χ2n) is 4.81. The van der Waals surface area contributed by atoms with Crippen molar-refractivity contribution in [3.05, 3.63) is 36.4 Å². The van der Waals surface area contributed by atoms with Crippen LogP contribution in [-0.4, -0.2) is 37.5 Å². The minimum absolute atomic E-state index is 0.0297. The molecule has 0 bridgehead atoms. The van der Waals surface area contributed by atoms with Crippen molar-refractivity contribution in [2.75, 3.05) is 25.4 Å². The first kappa shape index (κ1) is 15.8. The van der Waals surface area contributed by atoms with Gasteiger partial charge in [-0.25, -0.2) is 8.42 Å². The summed E-state index contributed by atoms with van der Waals surface area (Å²) in [6.45, 7) is 2.44.